The molecular formula is C24H30ClN3O3S. The fourth-order valence-corrected chi connectivity index (χ4v) is 6.32. The molecule has 1 N–H and O–H groups in total. The van der Waals surface area contributed by atoms with Gasteiger partial charge < -0.3 is 10.2 Å². The van der Waals surface area contributed by atoms with Crippen LogP contribution in [-0.2, 0) is 22.9 Å². The van der Waals surface area contributed by atoms with Crippen molar-refractivity contribution in [3.05, 3.63) is 63.7 Å². The fraction of sp³-hybridized carbons (Fsp3) is 0.458. The van der Waals surface area contributed by atoms with Crippen LogP contribution in [0.5, 0.6) is 0 Å². The highest BCUT2D eigenvalue weighted by Crippen LogP contribution is 2.28. The molecule has 0 bridgehead atoms. The zero-order valence-electron chi connectivity index (χ0n) is 18.6. The van der Waals surface area contributed by atoms with E-state index in [0.29, 0.717) is 26.2 Å². The van der Waals surface area contributed by atoms with Gasteiger partial charge in [-0.05, 0) is 74.5 Å². The zero-order chi connectivity index (χ0) is 22.9. The number of aryl methyl sites for hydroxylation is 2. The number of carbonyl (C=O) groups is 1. The van der Waals surface area contributed by atoms with Crippen molar-refractivity contribution in [2.45, 2.75) is 43.5 Å². The van der Waals surface area contributed by atoms with Crippen LogP contribution in [0.2, 0.25) is 5.02 Å². The topological polar surface area (TPSA) is 69.7 Å². The van der Waals surface area contributed by atoms with Gasteiger partial charge in [-0.25, -0.2) is 8.42 Å². The lowest BCUT2D eigenvalue weighted by Crippen LogP contribution is -2.47. The number of amides is 1. The summed E-state index contributed by atoms with van der Waals surface area (Å²) in [6.45, 7) is 4.08. The first-order valence-corrected chi connectivity index (χ1v) is 13.0. The van der Waals surface area contributed by atoms with Crippen molar-refractivity contribution >= 4 is 27.5 Å². The normalized spacial score (nSPS) is 18.7. The molecule has 6 nitrogen and oxygen atoms in total. The third-order valence-corrected chi connectivity index (χ3v) is 8.87. The van der Waals surface area contributed by atoms with E-state index in [1.165, 1.54) is 40.4 Å². The zero-order valence-corrected chi connectivity index (χ0v) is 20.2. The van der Waals surface area contributed by atoms with Crippen LogP contribution < -0.4 is 5.32 Å². The van der Waals surface area contributed by atoms with Gasteiger partial charge in [0.1, 0.15) is 4.90 Å². The Labute approximate surface area is 195 Å². The molecule has 1 aliphatic heterocycles. The van der Waals surface area contributed by atoms with E-state index < -0.39 is 10.0 Å². The van der Waals surface area contributed by atoms with Gasteiger partial charge in [0.2, 0.25) is 10.0 Å². The lowest BCUT2D eigenvalue weighted by atomic mass is 9.89. The molecule has 1 aliphatic carbocycles. The number of sulfonamides is 1. The smallest absolute Gasteiger partial charge is 0.251 e. The van der Waals surface area contributed by atoms with Crippen molar-refractivity contribution in [2.75, 3.05) is 33.2 Å². The highest BCUT2D eigenvalue weighted by atomic mass is 35.5. The van der Waals surface area contributed by atoms with Crippen LogP contribution in [0.15, 0.2) is 41.3 Å². The number of benzene rings is 2. The Morgan fingerprint density at radius 2 is 1.69 bits per heavy atom. The van der Waals surface area contributed by atoms with Crippen LogP contribution >= 0.6 is 11.6 Å². The first-order chi connectivity index (χ1) is 15.3. The molecule has 172 valence electrons. The monoisotopic (exact) mass is 475 g/mol. The van der Waals surface area contributed by atoms with Crippen molar-refractivity contribution in [3.8, 4) is 0 Å². The maximum Gasteiger partial charge on any atom is 0.251 e. The van der Waals surface area contributed by atoms with Gasteiger partial charge in [-0.1, -0.05) is 29.8 Å². The van der Waals surface area contributed by atoms with E-state index in [9.17, 15) is 13.2 Å². The highest BCUT2D eigenvalue weighted by molar-refractivity contribution is 7.89. The number of hydrogen-bond acceptors (Lipinski definition) is 4. The molecule has 2 aliphatic rings. The molecule has 1 atom stereocenters. The molecule has 1 fully saturated rings. The summed E-state index contributed by atoms with van der Waals surface area (Å²) in [7, 11) is -1.80. The van der Waals surface area contributed by atoms with Crippen LogP contribution in [0.25, 0.3) is 0 Å². The molecule has 2 aromatic rings. The number of halogens is 1. The average Bonchev–Trinajstić information content (AvgIpc) is 2.79. The van der Waals surface area contributed by atoms with Crippen LogP contribution in [0.3, 0.4) is 0 Å². The summed E-state index contributed by atoms with van der Waals surface area (Å²) in [5, 5.41) is 3.13. The van der Waals surface area contributed by atoms with Crippen LogP contribution in [0.4, 0.5) is 0 Å². The maximum atomic E-state index is 13.2. The Kier molecular flexibility index (Phi) is 6.91. The second-order valence-electron chi connectivity index (χ2n) is 8.78. The van der Waals surface area contributed by atoms with Gasteiger partial charge >= 0.3 is 0 Å². The van der Waals surface area contributed by atoms with Crippen molar-refractivity contribution in [1.29, 1.82) is 0 Å². The Balaban J connectivity index is 1.52. The number of fused-ring (bicyclic) bond motifs is 1. The molecule has 1 amide bonds. The summed E-state index contributed by atoms with van der Waals surface area (Å²) >= 11 is 6.25. The van der Waals surface area contributed by atoms with Crippen molar-refractivity contribution in [2.24, 2.45) is 0 Å². The summed E-state index contributed by atoms with van der Waals surface area (Å²) in [5.74, 6) is -0.318. The van der Waals surface area contributed by atoms with Gasteiger partial charge in [-0.2, -0.15) is 4.31 Å². The molecule has 4 rings (SSSR count). The largest absolute Gasteiger partial charge is 0.346 e. The summed E-state index contributed by atoms with van der Waals surface area (Å²) in [4.78, 5) is 15.0. The van der Waals surface area contributed by atoms with Crippen molar-refractivity contribution in [3.63, 3.8) is 0 Å². The van der Waals surface area contributed by atoms with Crippen molar-refractivity contribution in [1.82, 2.24) is 14.5 Å². The summed E-state index contributed by atoms with van der Waals surface area (Å²) in [5.41, 5.74) is 4.10. The Morgan fingerprint density at radius 1 is 1.00 bits per heavy atom. The van der Waals surface area contributed by atoms with Gasteiger partial charge in [-0.15, -0.1) is 0 Å². The number of rotatable bonds is 5. The third-order valence-electron chi connectivity index (χ3n) is 6.49. The highest BCUT2D eigenvalue weighted by Gasteiger charge is 2.30. The van der Waals surface area contributed by atoms with E-state index in [1.54, 1.807) is 6.07 Å². The number of likely N-dealkylation sites (N-methyl/N-ethyl adjacent to an activating group) is 1. The first-order valence-electron chi connectivity index (χ1n) is 11.2. The molecule has 1 heterocycles. The van der Waals surface area contributed by atoms with Crippen LogP contribution in [0, 0.1) is 0 Å². The Bertz CT molecular complexity index is 1110. The lowest BCUT2D eigenvalue weighted by molar-refractivity contribution is 0.0939. The SMILES string of the molecule is C[C@H](NC(=O)c1ccc(Cl)c(S(=O)(=O)N2CCN(C)CC2)c1)c1ccc2c(c1)CCCC2. The second-order valence-corrected chi connectivity index (χ2v) is 11.1. The predicted molar refractivity (Wildman–Crippen MR) is 127 cm³/mol. The summed E-state index contributed by atoms with van der Waals surface area (Å²) in [6, 6.07) is 10.7. The van der Waals surface area contributed by atoms with E-state index in [4.69, 9.17) is 11.6 Å². The van der Waals surface area contributed by atoms with E-state index in [-0.39, 0.29) is 27.4 Å². The molecule has 8 heteroatoms. The van der Waals surface area contributed by atoms with Crippen molar-refractivity contribution < 1.29 is 13.2 Å². The van der Waals surface area contributed by atoms with E-state index in [2.05, 4.69) is 28.4 Å². The molecular weight excluding hydrogens is 446 g/mol. The summed E-state index contributed by atoms with van der Waals surface area (Å²) < 4.78 is 27.8. The molecule has 0 aromatic heterocycles. The molecule has 0 saturated carbocycles. The Hall–Kier alpha value is -1.93. The van der Waals surface area contributed by atoms with Crippen LogP contribution in [0.1, 0.15) is 52.9 Å². The van der Waals surface area contributed by atoms with Crippen LogP contribution in [-0.4, -0.2) is 56.8 Å². The number of nitrogens with zero attached hydrogens (tertiary/aromatic N) is 2. The van der Waals surface area contributed by atoms with Gasteiger partial charge in [0, 0.05) is 31.7 Å². The van der Waals surface area contributed by atoms with E-state index >= 15 is 0 Å². The molecule has 0 unspecified atom stereocenters. The first kappa shape index (κ1) is 23.2. The van der Waals surface area contributed by atoms with Gasteiger partial charge in [0.15, 0.2) is 0 Å². The number of hydrogen-bond donors (Lipinski definition) is 1. The Morgan fingerprint density at radius 3 is 2.41 bits per heavy atom. The lowest BCUT2D eigenvalue weighted by Gasteiger charge is -2.31. The number of carbonyl (C=O) groups excluding carboxylic acids is 1. The quantitative estimate of drug-likeness (QED) is 0.716. The predicted octanol–water partition coefficient (Wildman–Crippen LogP) is 3.65. The fourth-order valence-electron chi connectivity index (χ4n) is 4.40. The average molecular weight is 476 g/mol. The molecule has 32 heavy (non-hydrogen) atoms. The maximum absolute atomic E-state index is 13.2. The summed E-state index contributed by atoms with van der Waals surface area (Å²) in [6.07, 6.45) is 4.63. The number of piperazine rings is 1. The minimum Gasteiger partial charge on any atom is -0.346 e. The van der Waals surface area contributed by atoms with Gasteiger partial charge in [-0.3, -0.25) is 4.79 Å². The molecule has 0 spiro atoms. The van der Waals surface area contributed by atoms with E-state index in [1.807, 2.05) is 14.0 Å². The molecule has 2 aromatic carbocycles. The van der Waals surface area contributed by atoms with E-state index in [0.717, 1.165) is 18.4 Å². The minimum absolute atomic E-state index is 0.0159. The minimum atomic E-state index is -3.77. The standard InChI is InChI=1S/C24H30ClN3O3S/c1-17(19-8-7-18-5-3-4-6-20(18)15-19)26-24(29)21-9-10-22(25)23(16-21)32(30,31)28-13-11-27(2)12-14-28/h7-10,15-17H,3-6,11-14H2,1-2H3,(H,26,29)/t17-/m0/s1. The molecule has 1 saturated heterocycles. The van der Waals surface area contributed by atoms with Gasteiger partial charge in [0.05, 0.1) is 11.1 Å². The second kappa shape index (κ2) is 9.51. The molecule has 0 radical (unpaired) electrons. The third kappa shape index (κ3) is 4.86. The van der Waals surface area contributed by atoms with Gasteiger partial charge in [0.25, 0.3) is 5.91 Å². The number of nitrogens with one attached hydrogen (secondary N) is 1.